The highest BCUT2D eigenvalue weighted by atomic mass is 35.5. The molecule has 14 heavy (non-hydrogen) atoms. The van der Waals surface area contributed by atoms with E-state index < -0.39 is 15.7 Å². The molecule has 0 spiro atoms. The summed E-state index contributed by atoms with van der Waals surface area (Å²) in [5, 5.41) is 3.76. The van der Waals surface area contributed by atoms with Gasteiger partial charge < -0.3 is 0 Å². The lowest BCUT2D eigenvalue weighted by Gasteiger charge is -2.18. The fraction of sp³-hybridized carbons (Fsp3) is 0.556. The lowest BCUT2D eigenvalue weighted by molar-refractivity contribution is 0.0943. The van der Waals surface area contributed by atoms with Gasteiger partial charge in [-0.15, -0.1) is 23.2 Å². The van der Waals surface area contributed by atoms with E-state index in [-0.39, 0.29) is 12.8 Å². The van der Waals surface area contributed by atoms with Crippen molar-refractivity contribution in [1.29, 1.82) is 0 Å². The molecular weight excluding hydrogens is 249 g/mol. The van der Waals surface area contributed by atoms with E-state index >= 15 is 0 Å². The largest absolute Gasteiger partial charge is 0.290 e. The van der Waals surface area contributed by atoms with Crippen LogP contribution in [-0.2, 0) is 12.8 Å². The van der Waals surface area contributed by atoms with Gasteiger partial charge in [0.05, 0.1) is 0 Å². The van der Waals surface area contributed by atoms with Crippen molar-refractivity contribution < 1.29 is 8.78 Å². The molecule has 5 heteroatoms. The van der Waals surface area contributed by atoms with Crippen LogP contribution in [0, 0.1) is 0 Å². The summed E-state index contributed by atoms with van der Waals surface area (Å²) in [5.41, 5.74) is 1.86. The van der Waals surface area contributed by atoms with Crippen LogP contribution in [0.15, 0.2) is 10.8 Å². The van der Waals surface area contributed by atoms with Crippen LogP contribution in [0.1, 0.15) is 11.1 Å². The molecule has 1 saturated carbocycles. The number of rotatable bonds is 0. The number of thiophene rings is 1. The van der Waals surface area contributed by atoms with Crippen molar-refractivity contribution in [1.82, 2.24) is 0 Å². The van der Waals surface area contributed by atoms with Gasteiger partial charge in [0.15, 0.2) is 0 Å². The average molecular weight is 255 g/mol. The molecule has 2 atom stereocenters. The topological polar surface area (TPSA) is 0 Å². The van der Waals surface area contributed by atoms with E-state index in [1.54, 1.807) is 0 Å². The SMILES string of the molecule is FC1(F)C2(Cl)Cc3cscc3CC12Cl. The van der Waals surface area contributed by atoms with Crippen LogP contribution in [0.4, 0.5) is 8.78 Å². The maximum atomic E-state index is 13.5. The van der Waals surface area contributed by atoms with Gasteiger partial charge in [0.2, 0.25) is 0 Å². The minimum absolute atomic E-state index is 0.184. The van der Waals surface area contributed by atoms with Gasteiger partial charge >= 0.3 is 0 Å². The normalized spacial score (nSPS) is 42.9. The molecule has 2 aliphatic carbocycles. The molecule has 1 fully saturated rings. The highest BCUT2D eigenvalue weighted by Gasteiger charge is 2.91. The van der Waals surface area contributed by atoms with Crippen molar-refractivity contribution in [3.05, 3.63) is 21.9 Å². The molecule has 76 valence electrons. The van der Waals surface area contributed by atoms with Crippen LogP contribution in [0.2, 0.25) is 0 Å². The highest BCUT2D eigenvalue weighted by molar-refractivity contribution is 7.08. The molecule has 0 amide bonds. The van der Waals surface area contributed by atoms with E-state index in [0.717, 1.165) is 11.1 Å². The van der Waals surface area contributed by atoms with Gasteiger partial charge in [0.1, 0.15) is 9.75 Å². The molecule has 2 aliphatic rings. The quantitative estimate of drug-likeness (QED) is 0.623. The van der Waals surface area contributed by atoms with Crippen molar-refractivity contribution in [3.63, 3.8) is 0 Å². The number of hydrogen-bond donors (Lipinski definition) is 0. The van der Waals surface area contributed by atoms with E-state index in [4.69, 9.17) is 23.2 Å². The van der Waals surface area contributed by atoms with Crippen molar-refractivity contribution in [3.8, 4) is 0 Å². The first-order valence-electron chi connectivity index (χ1n) is 4.22. The molecule has 0 aromatic carbocycles. The molecule has 0 bridgehead atoms. The van der Waals surface area contributed by atoms with E-state index in [9.17, 15) is 8.78 Å². The maximum Gasteiger partial charge on any atom is 0.290 e. The molecular formula is C9H6Cl2F2S. The van der Waals surface area contributed by atoms with E-state index in [0.29, 0.717) is 0 Å². The average Bonchev–Trinajstić information content (AvgIpc) is 2.49. The minimum atomic E-state index is -2.94. The van der Waals surface area contributed by atoms with Crippen LogP contribution >= 0.6 is 34.5 Å². The predicted octanol–water partition coefficient (Wildman–Crippen LogP) is 3.45. The third-order valence-corrected chi connectivity index (χ3v) is 5.59. The molecule has 0 N–H and O–H groups in total. The Hall–Kier alpha value is 0.140. The second-order valence-corrected chi connectivity index (χ2v) is 5.99. The van der Waals surface area contributed by atoms with Crippen LogP contribution < -0.4 is 0 Å². The third-order valence-electron chi connectivity index (χ3n) is 3.26. The Morgan fingerprint density at radius 1 is 1.07 bits per heavy atom. The summed E-state index contributed by atoms with van der Waals surface area (Å²) < 4.78 is 26.9. The molecule has 3 rings (SSSR count). The fourth-order valence-corrected chi connectivity index (χ4v) is 4.02. The molecule has 1 heterocycles. The molecule has 0 aliphatic heterocycles. The Kier molecular flexibility index (Phi) is 1.53. The maximum absolute atomic E-state index is 13.5. The first kappa shape index (κ1) is 9.37. The Bertz CT molecular complexity index is 382. The second-order valence-electron chi connectivity index (χ2n) is 3.95. The standard InChI is InChI=1S/C9H6Cl2F2S/c10-7-1-5-3-14-4-6(5)2-8(7,11)9(7,12)13/h3-4H,1-2H2. The fourth-order valence-electron chi connectivity index (χ4n) is 2.22. The Labute approximate surface area is 93.8 Å². The minimum Gasteiger partial charge on any atom is -0.203 e. The van der Waals surface area contributed by atoms with Crippen LogP contribution in [-0.4, -0.2) is 15.7 Å². The highest BCUT2D eigenvalue weighted by Crippen LogP contribution is 2.74. The Morgan fingerprint density at radius 3 is 1.93 bits per heavy atom. The van der Waals surface area contributed by atoms with Gasteiger partial charge in [0, 0.05) is 12.8 Å². The van der Waals surface area contributed by atoms with Crippen molar-refractivity contribution in [2.45, 2.75) is 28.5 Å². The first-order valence-corrected chi connectivity index (χ1v) is 5.92. The van der Waals surface area contributed by atoms with Crippen LogP contribution in [0.3, 0.4) is 0 Å². The summed E-state index contributed by atoms with van der Waals surface area (Å²) in [6.07, 6.45) is 0.369. The lowest BCUT2D eigenvalue weighted by Crippen LogP contribution is -2.25. The Morgan fingerprint density at radius 2 is 1.50 bits per heavy atom. The summed E-state index contributed by atoms with van der Waals surface area (Å²) in [6, 6.07) is 0. The number of alkyl halides is 4. The van der Waals surface area contributed by atoms with Gasteiger partial charge in [-0.3, -0.25) is 0 Å². The zero-order valence-corrected chi connectivity index (χ0v) is 9.32. The third kappa shape index (κ3) is 0.739. The summed E-state index contributed by atoms with van der Waals surface area (Å²) in [7, 11) is 0. The van der Waals surface area contributed by atoms with E-state index in [1.165, 1.54) is 11.3 Å². The Balaban J connectivity index is 2.11. The smallest absolute Gasteiger partial charge is 0.203 e. The van der Waals surface area contributed by atoms with Crippen LogP contribution in [0.5, 0.6) is 0 Å². The monoisotopic (exact) mass is 254 g/mol. The second kappa shape index (κ2) is 2.28. The van der Waals surface area contributed by atoms with Crippen LogP contribution in [0.25, 0.3) is 0 Å². The lowest BCUT2D eigenvalue weighted by atomic mass is 9.95. The van der Waals surface area contributed by atoms with E-state index in [2.05, 4.69) is 0 Å². The van der Waals surface area contributed by atoms with Crippen molar-refractivity contribution in [2.75, 3.05) is 0 Å². The molecule has 1 aromatic rings. The van der Waals surface area contributed by atoms with Crippen molar-refractivity contribution >= 4 is 34.5 Å². The summed E-state index contributed by atoms with van der Waals surface area (Å²) in [6.45, 7) is 0. The molecule has 1 aromatic heterocycles. The van der Waals surface area contributed by atoms with Gasteiger partial charge in [0.25, 0.3) is 5.92 Å². The summed E-state index contributed by atoms with van der Waals surface area (Å²) >= 11 is 13.3. The number of fused-ring (bicyclic) bond motifs is 2. The zero-order chi connectivity index (χ0) is 10.2. The molecule has 2 unspecified atom stereocenters. The van der Waals surface area contributed by atoms with Gasteiger partial charge in [-0.05, 0) is 21.9 Å². The number of hydrogen-bond acceptors (Lipinski definition) is 1. The zero-order valence-electron chi connectivity index (χ0n) is 6.99. The van der Waals surface area contributed by atoms with Gasteiger partial charge in [-0.2, -0.15) is 11.3 Å². The van der Waals surface area contributed by atoms with Gasteiger partial charge in [-0.25, -0.2) is 8.78 Å². The van der Waals surface area contributed by atoms with E-state index in [1.807, 2.05) is 10.8 Å². The molecule has 0 radical (unpaired) electrons. The summed E-state index contributed by atoms with van der Waals surface area (Å²) in [4.78, 5) is -3.09. The molecule has 0 nitrogen and oxygen atoms in total. The first-order chi connectivity index (χ1) is 6.42. The van der Waals surface area contributed by atoms with Gasteiger partial charge in [-0.1, -0.05) is 0 Å². The molecule has 0 saturated heterocycles. The number of halogens is 4. The van der Waals surface area contributed by atoms with Crippen molar-refractivity contribution in [2.24, 2.45) is 0 Å². The predicted molar refractivity (Wildman–Crippen MR) is 53.8 cm³/mol. The summed E-state index contributed by atoms with van der Waals surface area (Å²) in [5.74, 6) is -2.94.